The summed E-state index contributed by atoms with van der Waals surface area (Å²) in [5, 5.41) is 2.83. The number of halogens is 3. The van der Waals surface area contributed by atoms with E-state index in [1.807, 2.05) is 13.8 Å². The highest BCUT2D eigenvalue weighted by molar-refractivity contribution is 5.27. The van der Waals surface area contributed by atoms with Gasteiger partial charge in [0.1, 0.15) is 5.69 Å². The van der Waals surface area contributed by atoms with Crippen LogP contribution in [-0.2, 0) is 6.18 Å². The molecule has 1 atom stereocenters. The molecule has 1 heterocycles. The lowest BCUT2D eigenvalue weighted by Gasteiger charge is -2.13. The molecule has 0 bridgehead atoms. The summed E-state index contributed by atoms with van der Waals surface area (Å²) in [6.45, 7) is 3.89. The van der Waals surface area contributed by atoms with Gasteiger partial charge in [-0.2, -0.15) is 13.2 Å². The van der Waals surface area contributed by atoms with Gasteiger partial charge < -0.3 is 5.32 Å². The standard InChI is InChI=1S/C10H14F3N3/c1-3-4-7(2)15-9-14-6-5-8(16-9)10(11,12)13/h5-7H,3-4H2,1-2H3,(H,14,15,16). The van der Waals surface area contributed by atoms with Crippen molar-refractivity contribution >= 4 is 5.95 Å². The van der Waals surface area contributed by atoms with Crippen molar-refractivity contribution in [1.82, 2.24) is 9.97 Å². The van der Waals surface area contributed by atoms with Gasteiger partial charge in [-0.15, -0.1) is 0 Å². The molecule has 3 nitrogen and oxygen atoms in total. The minimum absolute atomic E-state index is 0.0239. The summed E-state index contributed by atoms with van der Waals surface area (Å²) < 4.78 is 37.0. The van der Waals surface area contributed by atoms with E-state index in [4.69, 9.17) is 0 Å². The van der Waals surface area contributed by atoms with Crippen LogP contribution in [0.1, 0.15) is 32.4 Å². The summed E-state index contributed by atoms with van der Waals surface area (Å²) in [7, 11) is 0. The summed E-state index contributed by atoms with van der Waals surface area (Å²) >= 11 is 0. The molecule has 1 aromatic heterocycles. The van der Waals surface area contributed by atoms with Crippen molar-refractivity contribution in [1.29, 1.82) is 0 Å². The predicted molar refractivity (Wildman–Crippen MR) is 55.0 cm³/mol. The third-order valence-electron chi connectivity index (χ3n) is 2.04. The first kappa shape index (κ1) is 12.7. The zero-order valence-corrected chi connectivity index (χ0v) is 9.17. The Balaban J connectivity index is 2.75. The molecule has 0 amide bonds. The first-order valence-corrected chi connectivity index (χ1v) is 5.10. The van der Waals surface area contributed by atoms with Crippen LogP contribution in [0, 0.1) is 0 Å². The predicted octanol–water partition coefficient (Wildman–Crippen LogP) is 3.10. The number of aromatic nitrogens is 2. The lowest BCUT2D eigenvalue weighted by atomic mass is 10.2. The highest BCUT2D eigenvalue weighted by Gasteiger charge is 2.32. The van der Waals surface area contributed by atoms with Crippen LogP contribution in [0.15, 0.2) is 12.3 Å². The van der Waals surface area contributed by atoms with Gasteiger partial charge in [0.05, 0.1) is 0 Å². The Morgan fingerprint density at radius 1 is 1.44 bits per heavy atom. The average molecular weight is 233 g/mol. The van der Waals surface area contributed by atoms with Crippen molar-refractivity contribution in [2.24, 2.45) is 0 Å². The molecular weight excluding hydrogens is 219 g/mol. The first-order chi connectivity index (χ1) is 7.43. The monoisotopic (exact) mass is 233 g/mol. The first-order valence-electron chi connectivity index (χ1n) is 5.10. The molecule has 6 heteroatoms. The van der Waals surface area contributed by atoms with Crippen LogP contribution < -0.4 is 5.32 Å². The fourth-order valence-corrected chi connectivity index (χ4v) is 1.31. The van der Waals surface area contributed by atoms with Crippen molar-refractivity contribution in [3.05, 3.63) is 18.0 Å². The van der Waals surface area contributed by atoms with Gasteiger partial charge in [0, 0.05) is 12.2 Å². The third kappa shape index (κ3) is 3.67. The molecule has 0 spiro atoms. The SMILES string of the molecule is CCCC(C)Nc1nccc(C(F)(F)F)n1. The minimum atomic E-state index is -4.42. The Morgan fingerprint density at radius 2 is 2.12 bits per heavy atom. The number of hydrogen-bond donors (Lipinski definition) is 1. The van der Waals surface area contributed by atoms with Crippen LogP contribution in [0.25, 0.3) is 0 Å². The second-order valence-corrected chi connectivity index (χ2v) is 3.60. The smallest absolute Gasteiger partial charge is 0.352 e. The van der Waals surface area contributed by atoms with Gasteiger partial charge >= 0.3 is 6.18 Å². The van der Waals surface area contributed by atoms with Gasteiger partial charge in [-0.1, -0.05) is 13.3 Å². The van der Waals surface area contributed by atoms with E-state index in [9.17, 15) is 13.2 Å². The fraction of sp³-hybridized carbons (Fsp3) is 0.600. The topological polar surface area (TPSA) is 37.8 Å². The third-order valence-corrected chi connectivity index (χ3v) is 2.04. The highest BCUT2D eigenvalue weighted by Crippen LogP contribution is 2.27. The summed E-state index contributed by atoms with van der Waals surface area (Å²) in [6, 6.07) is 0.920. The van der Waals surface area contributed by atoms with Crippen molar-refractivity contribution < 1.29 is 13.2 Å². The number of hydrogen-bond acceptors (Lipinski definition) is 3. The summed E-state index contributed by atoms with van der Waals surface area (Å²) in [5.74, 6) is 0.0239. The lowest BCUT2D eigenvalue weighted by molar-refractivity contribution is -0.141. The van der Waals surface area contributed by atoms with Crippen LogP contribution in [0.5, 0.6) is 0 Å². The number of nitrogens with zero attached hydrogens (tertiary/aromatic N) is 2. The van der Waals surface area contributed by atoms with E-state index in [0.29, 0.717) is 0 Å². The maximum absolute atomic E-state index is 12.3. The summed E-state index contributed by atoms with van der Waals surface area (Å²) in [6.07, 6.45) is -1.50. The molecule has 1 aromatic rings. The minimum Gasteiger partial charge on any atom is -0.352 e. The summed E-state index contributed by atoms with van der Waals surface area (Å²) in [4.78, 5) is 7.17. The largest absolute Gasteiger partial charge is 0.433 e. The van der Waals surface area contributed by atoms with E-state index in [0.717, 1.165) is 25.1 Å². The van der Waals surface area contributed by atoms with Gasteiger partial charge in [-0.3, -0.25) is 0 Å². The van der Waals surface area contributed by atoms with Gasteiger partial charge in [-0.25, -0.2) is 9.97 Å². The Labute approximate surface area is 92.1 Å². The van der Waals surface area contributed by atoms with Crippen molar-refractivity contribution in [2.45, 2.75) is 38.9 Å². The van der Waals surface area contributed by atoms with Gasteiger partial charge in [0.25, 0.3) is 0 Å². The van der Waals surface area contributed by atoms with Crippen LogP contribution in [0.4, 0.5) is 19.1 Å². The molecule has 90 valence electrons. The average Bonchev–Trinajstić information content (AvgIpc) is 2.17. The molecule has 0 aliphatic carbocycles. The maximum Gasteiger partial charge on any atom is 0.433 e. The molecule has 0 radical (unpaired) electrons. The van der Waals surface area contributed by atoms with E-state index in [1.165, 1.54) is 0 Å². The molecular formula is C10H14F3N3. The van der Waals surface area contributed by atoms with E-state index >= 15 is 0 Å². The van der Waals surface area contributed by atoms with Crippen molar-refractivity contribution in [2.75, 3.05) is 5.32 Å². The molecule has 16 heavy (non-hydrogen) atoms. The molecule has 0 aliphatic heterocycles. The number of rotatable bonds is 4. The zero-order chi connectivity index (χ0) is 12.2. The second-order valence-electron chi connectivity index (χ2n) is 3.60. The van der Waals surface area contributed by atoms with Crippen LogP contribution in [0.3, 0.4) is 0 Å². The zero-order valence-electron chi connectivity index (χ0n) is 9.17. The van der Waals surface area contributed by atoms with Crippen LogP contribution in [0.2, 0.25) is 0 Å². The molecule has 0 aliphatic rings. The lowest BCUT2D eigenvalue weighted by Crippen LogP contribution is -2.18. The van der Waals surface area contributed by atoms with Crippen LogP contribution >= 0.6 is 0 Å². The van der Waals surface area contributed by atoms with Crippen molar-refractivity contribution in [3.8, 4) is 0 Å². The molecule has 1 N–H and O–H groups in total. The van der Waals surface area contributed by atoms with E-state index in [-0.39, 0.29) is 12.0 Å². The Bertz CT molecular complexity index is 338. The Kier molecular flexibility index (Phi) is 4.09. The quantitative estimate of drug-likeness (QED) is 0.868. The molecule has 0 fully saturated rings. The maximum atomic E-state index is 12.3. The molecule has 0 saturated heterocycles. The van der Waals surface area contributed by atoms with E-state index in [1.54, 1.807) is 0 Å². The summed E-state index contributed by atoms with van der Waals surface area (Å²) in [5.41, 5.74) is -0.923. The normalized spacial score (nSPS) is 13.6. The molecule has 0 saturated carbocycles. The fourth-order valence-electron chi connectivity index (χ4n) is 1.31. The van der Waals surface area contributed by atoms with E-state index < -0.39 is 11.9 Å². The number of nitrogens with one attached hydrogen (secondary N) is 1. The number of alkyl halides is 3. The number of anilines is 1. The van der Waals surface area contributed by atoms with Crippen LogP contribution in [-0.4, -0.2) is 16.0 Å². The van der Waals surface area contributed by atoms with Gasteiger partial charge in [-0.05, 0) is 19.4 Å². The molecule has 1 rings (SSSR count). The Morgan fingerprint density at radius 3 is 2.69 bits per heavy atom. The molecule has 1 unspecified atom stereocenters. The van der Waals surface area contributed by atoms with Crippen molar-refractivity contribution in [3.63, 3.8) is 0 Å². The highest BCUT2D eigenvalue weighted by atomic mass is 19.4. The Hall–Kier alpha value is -1.33. The van der Waals surface area contributed by atoms with Gasteiger partial charge in [0.2, 0.25) is 5.95 Å². The van der Waals surface area contributed by atoms with Gasteiger partial charge in [0.15, 0.2) is 0 Å². The molecule has 0 aromatic carbocycles. The van der Waals surface area contributed by atoms with E-state index in [2.05, 4.69) is 15.3 Å². The second kappa shape index (κ2) is 5.14.